The molecule has 0 saturated heterocycles. The number of nitrogens with one attached hydrogen (secondary N) is 1. The summed E-state index contributed by atoms with van der Waals surface area (Å²) < 4.78 is 10.4. The van der Waals surface area contributed by atoms with Gasteiger partial charge >= 0.3 is 0 Å². The molecule has 0 atom stereocenters. The van der Waals surface area contributed by atoms with E-state index in [1.54, 1.807) is 7.11 Å². The van der Waals surface area contributed by atoms with E-state index in [1.807, 2.05) is 55.5 Å². The second-order valence-corrected chi connectivity index (χ2v) is 6.64. The molecule has 0 aliphatic heterocycles. The summed E-state index contributed by atoms with van der Waals surface area (Å²) in [5.74, 6) is 2.54. The van der Waals surface area contributed by atoms with Crippen LogP contribution in [-0.2, 0) is 10.5 Å². The minimum atomic E-state index is -0.0577. The quantitative estimate of drug-likeness (QED) is 0.680. The molecular weight excluding hydrogens is 350 g/mol. The molecule has 26 heavy (non-hydrogen) atoms. The van der Waals surface area contributed by atoms with Crippen molar-refractivity contribution in [2.75, 3.05) is 18.2 Å². The lowest BCUT2D eigenvalue weighted by Crippen LogP contribution is -2.14. The average molecular weight is 369 g/mol. The van der Waals surface area contributed by atoms with Gasteiger partial charge in [-0.2, -0.15) is 4.98 Å². The number of anilines is 1. The Morgan fingerprint density at radius 2 is 1.88 bits per heavy atom. The number of hydrogen-bond donors (Lipinski definition) is 1. The van der Waals surface area contributed by atoms with E-state index in [1.165, 1.54) is 11.8 Å². The van der Waals surface area contributed by atoms with Crippen LogP contribution in [0.2, 0.25) is 0 Å². The number of benzene rings is 2. The van der Waals surface area contributed by atoms with Gasteiger partial charge in [0.15, 0.2) is 5.82 Å². The molecule has 7 heteroatoms. The molecule has 6 nitrogen and oxygen atoms in total. The molecule has 0 unspecified atom stereocenters. The highest BCUT2D eigenvalue weighted by atomic mass is 32.2. The van der Waals surface area contributed by atoms with Crippen LogP contribution in [0.5, 0.6) is 5.75 Å². The molecule has 3 rings (SSSR count). The maximum atomic E-state index is 12.0. The van der Waals surface area contributed by atoms with Crippen LogP contribution >= 0.6 is 11.8 Å². The summed E-state index contributed by atoms with van der Waals surface area (Å²) in [5, 5.41) is 6.82. The van der Waals surface area contributed by atoms with Gasteiger partial charge in [0.2, 0.25) is 5.91 Å². The number of rotatable bonds is 7. The van der Waals surface area contributed by atoms with Crippen molar-refractivity contribution < 1.29 is 14.1 Å². The number of ether oxygens (including phenoxy) is 1. The number of hydrogen-bond acceptors (Lipinski definition) is 6. The van der Waals surface area contributed by atoms with Gasteiger partial charge in [-0.1, -0.05) is 22.9 Å². The number of nitrogens with zero attached hydrogens (tertiary/aromatic N) is 2. The molecule has 1 N–H and O–H groups in total. The molecule has 0 fully saturated rings. The topological polar surface area (TPSA) is 77.2 Å². The van der Waals surface area contributed by atoms with E-state index in [9.17, 15) is 4.79 Å². The standard InChI is InChI=1S/C19H19N3O3S/c1-13-3-7-15(8-4-13)20-18(23)12-26-11-17-21-19(25-22-17)14-5-9-16(24-2)10-6-14/h3-10H,11-12H2,1-2H3,(H,20,23). The van der Waals surface area contributed by atoms with Gasteiger partial charge in [0.05, 0.1) is 18.6 Å². The van der Waals surface area contributed by atoms with Crippen molar-refractivity contribution in [3.63, 3.8) is 0 Å². The fourth-order valence-corrected chi connectivity index (χ4v) is 2.89. The molecule has 3 aromatic rings. The third-order valence-corrected chi connectivity index (χ3v) is 4.53. The molecule has 0 aliphatic rings. The largest absolute Gasteiger partial charge is 0.497 e. The van der Waals surface area contributed by atoms with E-state index < -0.39 is 0 Å². The Balaban J connectivity index is 1.48. The fourth-order valence-electron chi connectivity index (χ4n) is 2.23. The lowest BCUT2D eigenvalue weighted by Gasteiger charge is -2.04. The Bertz CT molecular complexity index is 860. The smallest absolute Gasteiger partial charge is 0.257 e. The van der Waals surface area contributed by atoms with Gasteiger partial charge in [-0.15, -0.1) is 11.8 Å². The van der Waals surface area contributed by atoms with Crippen LogP contribution < -0.4 is 10.1 Å². The van der Waals surface area contributed by atoms with Crippen molar-refractivity contribution in [3.05, 3.63) is 59.9 Å². The van der Waals surface area contributed by atoms with Crippen LogP contribution in [0.3, 0.4) is 0 Å². The minimum absolute atomic E-state index is 0.0577. The zero-order valence-electron chi connectivity index (χ0n) is 14.6. The van der Waals surface area contributed by atoms with E-state index in [4.69, 9.17) is 9.26 Å². The minimum Gasteiger partial charge on any atom is -0.497 e. The van der Waals surface area contributed by atoms with Crippen molar-refractivity contribution in [3.8, 4) is 17.2 Å². The van der Waals surface area contributed by atoms with Gasteiger partial charge in [-0.05, 0) is 43.3 Å². The number of aromatic nitrogens is 2. The maximum Gasteiger partial charge on any atom is 0.257 e. The first-order chi connectivity index (χ1) is 12.6. The monoisotopic (exact) mass is 369 g/mol. The van der Waals surface area contributed by atoms with Crippen LogP contribution in [0.25, 0.3) is 11.5 Å². The zero-order valence-corrected chi connectivity index (χ0v) is 15.4. The normalized spacial score (nSPS) is 10.5. The average Bonchev–Trinajstić information content (AvgIpc) is 3.12. The second kappa shape index (κ2) is 8.53. The summed E-state index contributed by atoms with van der Waals surface area (Å²) in [7, 11) is 1.62. The van der Waals surface area contributed by atoms with Gasteiger partial charge in [-0.25, -0.2) is 0 Å². The predicted molar refractivity (Wildman–Crippen MR) is 102 cm³/mol. The SMILES string of the molecule is COc1ccc(-c2nc(CSCC(=O)Nc3ccc(C)cc3)no2)cc1. The van der Waals surface area contributed by atoms with Crippen molar-refractivity contribution in [1.82, 2.24) is 10.1 Å². The van der Waals surface area contributed by atoms with E-state index in [0.29, 0.717) is 23.2 Å². The van der Waals surface area contributed by atoms with Crippen molar-refractivity contribution in [1.29, 1.82) is 0 Å². The molecular formula is C19H19N3O3S. The van der Waals surface area contributed by atoms with Crippen LogP contribution in [0.4, 0.5) is 5.69 Å². The van der Waals surface area contributed by atoms with Crippen molar-refractivity contribution in [2.45, 2.75) is 12.7 Å². The Kier molecular flexibility index (Phi) is 5.91. The molecule has 0 aliphatic carbocycles. The Morgan fingerprint density at radius 1 is 1.15 bits per heavy atom. The van der Waals surface area contributed by atoms with Crippen LogP contribution in [0, 0.1) is 6.92 Å². The predicted octanol–water partition coefficient (Wildman–Crippen LogP) is 3.93. The number of methoxy groups -OCH3 is 1. The van der Waals surface area contributed by atoms with E-state index in [0.717, 1.165) is 22.6 Å². The van der Waals surface area contributed by atoms with Crippen LogP contribution in [0.1, 0.15) is 11.4 Å². The fraction of sp³-hybridized carbons (Fsp3) is 0.211. The number of carbonyl (C=O) groups is 1. The molecule has 0 radical (unpaired) electrons. The van der Waals surface area contributed by atoms with Gasteiger partial charge in [-0.3, -0.25) is 4.79 Å². The Hall–Kier alpha value is -2.80. The first kappa shape index (κ1) is 18.0. The lowest BCUT2D eigenvalue weighted by atomic mass is 10.2. The first-order valence-electron chi connectivity index (χ1n) is 8.05. The Morgan fingerprint density at radius 3 is 2.58 bits per heavy atom. The highest BCUT2D eigenvalue weighted by Crippen LogP contribution is 2.21. The molecule has 0 bridgehead atoms. The summed E-state index contributed by atoms with van der Waals surface area (Å²) in [6, 6.07) is 15.1. The van der Waals surface area contributed by atoms with Crippen molar-refractivity contribution >= 4 is 23.4 Å². The first-order valence-corrected chi connectivity index (χ1v) is 9.21. The highest BCUT2D eigenvalue weighted by Gasteiger charge is 2.10. The summed E-state index contributed by atoms with van der Waals surface area (Å²) in [6.45, 7) is 2.01. The summed E-state index contributed by atoms with van der Waals surface area (Å²) in [6.07, 6.45) is 0. The van der Waals surface area contributed by atoms with Gasteiger partial charge in [0.25, 0.3) is 5.89 Å². The van der Waals surface area contributed by atoms with Gasteiger partial charge in [0.1, 0.15) is 5.75 Å². The number of thioether (sulfide) groups is 1. The summed E-state index contributed by atoms with van der Waals surface area (Å²) >= 11 is 1.43. The molecule has 134 valence electrons. The number of carbonyl (C=O) groups excluding carboxylic acids is 1. The molecule has 0 spiro atoms. The highest BCUT2D eigenvalue weighted by molar-refractivity contribution is 7.99. The lowest BCUT2D eigenvalue weighted by molar-refractivity contribution is -0.113. The number of amides is 1. The van der Waals surface area contributed by atoms with E-state index >= 15 is 0 Å². The Labute approximate surface area is 156 Å². The second-order valence-electron chi connectivity index (χ2n) is 5.65. The third kappa shape index (κ3) is 4.86. The van der Waals surface area contributed by atoms with E-state index in [-0.39, 0.29) is 5.91 Å². The summed E-state index contributed by atoms with van der Waals surface area (Å²) in [5.41, 5.74) is 2.77. The summed E-state index contributed by atoms with van der Waals surface area (Å²) in [4.78, 5) is 16.3. The molecule has 1 heterocycles. The molecule has 0 saturated carbocycles. The third-order valence-electron chi connectivity index (χ3n) is 3.60. The molecule has 2 aromatic carbocycles. The van der Waals surface area contributed by atoms with Gasteiger partial charge < -0.3 is 14.6 Å². The van der Waals surface area contributed by atoms with Crippen LogP contribution in [-0.4, -0.2) is 28.9 Å². The number of aryl methyl sites for hydroxylation is 1. The van der Waals surface area contributed by atoms with Crippen molar-refractivity contribution in [2.24, 2.45) is 0 Å². The van der Waals surface area contributed by atoms with Gasteiger partial charge in [0, 0.05) is 11.3 Å². The molecule has 1 amide bonds. The zero-order chi connectivity index (χ0) is 18.4. The van der Waals surface area contributed by atoms with E-state index in [2.05, 4.69) is 15.5 Å². The molecule has 1 aromatic heterocycles. The maximum absolute atomic E-state index is 12.0. The van der Waals surface area contributed by atoms with Crippen LogP contribution in [0.15, 0.2) is 53.1 Å².